The van der Waals surface area contributed by atoms with Gasteiger partial charge in [-0.15, -0.1) is 23.7 Å². The molecule has 2 aromatic rings. The van der Waals surface area contributed by atoms with Gasteiger partial charge in [-0.05, 0) is 26.0 Å². The molecule has 1 aromatic carbocycles. The van der Waals surface area contributed by atoms with Crippen LogP contribution in [0.4, 0.5) is 5.13 Å². The lowest BCUT2D eigenvalue weighted by Gasteiger charge is -2.07. The molecule has 0 spiro atoms. The molecule has 0 radical (unpaired) electrons. The van der Waals surface area contributed by atoms with Crippen molar-refractivity contribution >= 4 is 34.8 Å². The third kappa shape index (κ3) is 4.17. The molecule has 0 saturated carbocycles. The summed E-state index contributed by atoms with van der Waals surface area (Å²) in [6.45, 7) is 3.64. The Morgan fingerprint density at radius 2 is 2.19 bits per heavy atom. The van der Waals surface area contributed by atoms with Crippen molar-refractivity contribution in [2.45, 2.75) is 19.9 Å². The van der Waals surface area contributed by atoms with Crippen LogP contribution in [-0.4, -0.2) is 24.0 Å². The number of hydrogen-bond donors (Lipinski definition) is 2. The van der Waals surface area contributed by atoms with Crippen molar-refractivity contribution in [2.24, 2.45) is 5.73 Å². The predicted octanol–water partition coefficient (Wildman–Crippen LogP) is 2.83. The smallest absolute Gasteiger partial charge is 0.242 e. The van der Waals surface area contributed by atoms with E-state index in [1.165, 1.54) is 11.3 Å². The van der Waals surface area contributed by atoms with Crippen molar-refractivity contribution in [1.29, 1.82) is 0 Å². The number of carbonyl (C=O) groups excluding carboxylic acids is 1. The molecule has 114 valence electrons. The zero-order valence-electron chi connectivity index (χ0n) is 12.0. The molecule has 2 rings (SSSR count). The summed E-state index contributed by atoms with van der Waals surface area (Å²) < 4.78 is 5.34. The Bertz CT molecular complexity index is 628. The number of aromatic nitrogens is 1. The minimum Gasteiger partial charge on any atom is -0.496 e. The third-order valence-electron chi connectivity index (χ3n) is 2.78. The summed E-state index contributed by atoms with van der Waals surface area (Å²) in [6.07, 6.45) is 0. The molecule has 0 aliphatic heterocycles. The highest BCUT2D eigenvalue weighted by molar-refractivity contribution is 7.14. The maximum absolute atomic E-state index is 11.5. The third-order valence-corrected chi connectivity index (χ3v) is 3.54. The number of amides is 1. The second kappa shape index (κ2) is 7.40. The highest BCUT2D eigenvalue weighted by atomic mass is 35.5. The van der Waals surface area contributed by atoms with E-state index >= 15 is 0 Å². The molecule has 21 heavy (non-hydrogen) atoms. The van der Waals surface area contributed by atoms with Crippen molar-refractivity contribution in [1.82, 2.24) is 4.98 Å². The van der Waals surface area contributed by atoms with E-state index in [4.69, 9.17) is 10.5 Å². The van der Waals surface area contributed by atoms with Gasteiger partial charge in [0.25, 0.3) is 0 Å². The Morgan fingerprint density at radius 1 is 1.48 bits per heavy atom. The number of nitrogens with one attached hydrogen (secondary N) is 1. The van der Waals surface area contributed by atoms with Crippen LogP contribution in [0.1, 0.15) is 12.5 Å². The number of aryl methyl sites for hydroxylation is 1. The van der Waals surface area contributed by atoms with Gasteiger partial charge in [-0.2, -0.15) is 0 Å². The average Bonchev–Trinajstić information content (AvgIpc) is 2.87. The van der Waals surface area contributed by atoms with E-state index in [0.717, 1.165) is 22.6 Å². The topological polar surface area (TPSA) is 77.2 Å². The summed E-state index contributed by atoms with van der Waals surface area (Å²) >= 11 is 1.36. The van der Waals surface area contributed by atoms with Crippen LogP contribution < -0.4 is 15.8 Å². The molecule has 0 bridgehead atoms. The average molecular weight is 328 g/mol. The minimum absolute atomic E-state index is 0. The van der Waals surface area contributed by atoms with Crippen LogP contribution in [0.25, 0.3) is 11.3 Å². The zero-order chi connectivity index (χ0) is 14.7. The molecule has 0 unspecified atom stereocenters. The second-order valence-corrected chi connectivity index (χ2v) is 5.38. The Kier molecular flexibility index (Phi) is 6.14. The fourth-order valence-corrected chi connectivity index (χ4v) is 2.41. The Balaban J connectivity index is 0.00000220. The largest absolute Gasteiger partial charge is 0.496 e. The number of hydrogen-bond acceptors (Lipinski definition) is 5. The Morgan fingerprint density at radius 3 is 2.81 bits per heavy atom. The number of ether oxygens (including phenoxy) is 1. The van der Waals surface area contributed by atoms with Crippen LogP contribution in [0.3, 0.4) is 0 Å². The van der Waals surface area contributed by atoms with Gasteiger partial charge in [0.05, 0.1) is 18.8 Å². The van der Waals surface area contributed by atoms with Gasteiger partial charge < -0.3 is 15.8 Å². The van der Waals surface area contributed by atoms with E-state index in [1.54, 1.807) is 14.0 Å². The predicted molar refractivity (Wildman–Crippen MR) is 88.4 cm³/mol. The van der Waals surface area contributed by atoms with Gasteiger partial charge in [0.15, 0.2) is 5.13 Å². The van der Waals surface area contributed by atoms with Gasteiger partial charge in [0, 0.05) is 10.9 Å². The molecule has 0 fully saturated rings. The number of benzene rings is 1. The van der Waals surface area contributed by atoms with E-state index in [0.29, 0.717) is 5.13 Å². The molecule has 1 amide bonds. The number of thiazole rings is 1. The van der Waals surface area contributed by atoms with E-state index in [-0.39, 0.29) is 18.3 Å². The van der Waals surface area contributed by atoms with Crippen LogP contribution in [0, 0.1) is 6.92 Å². The first-order valence-electron chi connectivity index (χ1n) is 6.18. The highest BCUT2D eigenvalue weighted by Crippen LogP contribution is 2.32. The summed E-state index contributed by atoms with van der Waals surface area (Å²) in [4.78, 5) is 15.9. The first-order chi connectivity index (χ1) is 9.51. The molecule has 5 nitrogen and oxygen atoms in total. The van der Waals surface area contributed by atoms with Gasteiger partial charge in [-0.1, -0.05) is 11.6 Å². The molecule has 1 atom stereocenters. The summed E-state index contributed by atoms with van der Waals surface area (Å²) in [6, 6.07) is 5.33. The van der Waals surface area contributed by atoms with Gasteiger partial charge in [-0.3, -0.25) is 4.79 Å². The van der Waals surface area contributed by atoms with Crippen molar-refractivity contribution in [3.8, 4) is 17.0 Å². The molecule has 0 aliphatic rings. The van der Waals surface area contributed by atoms with E-state index < -0.39 is 6.04 Å². The molecule has 0 saturated heterocycles. The van der Waals surface area contributed by atoms with Gasteiger partial charge in [0.2, 0.25) is 5.91 Å². The van der Waals surface area contributed by atoms with Crippen molar-refractivity contribution < 1.29 is 9.53 Å². The first-order valence-corrected chi connectivity index (χ1v) is 7.06. The summed E-state index contributed by atoms with van der Waals surface area (Å²) in [5.74, 6) is 0.507. The second-order valence-electron chi connectivity index (χ2n) is 4.52. The number of nitrogens with zero attached hydrogens (tertiary/aromatic N) is 1. The summed E-state index contributed by atoms with van der Waals surface area (Å²) in [7, 11) is 1.62. The molecule has 3 N–H and O–H groups in total. The van der Waals surface area contributed by atoms with Crippen LogP contribution >= 0.6 is 23.7 Å². The highest BCUT2D eigenvalue weighted by Gasteiger charge is 2.13. The van der Waals surface area contributed by atoms with Crippen molar-refractivity contribution in [2.75, 3.05) is 12.4 Å². The number of methoxy groups -OCH3 is 1. The number of rotatable bonds is 4. The lowest BCUT2D eigenvalue weighted by atomic mass is 10.1. The SMILES string of the molecule is COc1ccc(C)cc1-c1csc(NC(=O)[C@H](C)N)n1.Cl. The van der Waals surface area contributed by atoms with E-state index in [9.17, 15) is 4.79 Å². The van der Waals surface area contributed by atoms with Crippen LogP contribution in [0.15, 0.2) is 23.6 Å². The summed E-state index contributed by atoms with van der Waals surface area (Å²) in [5.41, 5.74) is 8.31. The molecule has 7 heteroatoms. The quantitative estimate of drug-likeness (QED) is 0.905. The van der Waals surface area contributed by atoms with Crippen molar-refractivity contribution in [3.63, 3.8) is 0 Å². The molecular weight excluding hydrogens is 310 g/mol. The van der Waals surface area contributed by atoms with Crippen LogP contribution in [0.2, 0.25) is 0 Å². The number of carbonyl (C=O) groups is 1. The number of anilines is 1. The lowest BCUT2D eigenvalue weighted by molar-refractivity contribution is -0.117. The molecule has 1 aromatic heterocycles. The maximum atomic E-state index is 11.5. The van der Waals surface area contributed by atoms with E-state index in [2.05, 4.69) is 10.3 Å². The number of nitrogens with two attached hydrogens (primary N) is 1. The Hall–Kier alpha value is -1.63. The van der Waals surface area contributed by atoms with Gasteiger partial charge >= 0.3 is 0 Å². The van der Waals surface area contributed by atoms with Crippen LogP contribution in [0.5, 0.6) is 5.75 Å². The van der Waals surface area contributed by atoms with E-state index in [1.807, 2.05) is 30.5 Å². The monoisotopic (exact) mass is 327 g/mol. The Labute approximate surface area is 133 Å². The normalized spacial score (nSPS) is 11.4. The fourth-order valence-electron chi connectivity index (χ4n) is 1.70. The lowest BCUT2D eigenvalue weighted by Crippen LogP contribution is -2.32. The maximum Gasteiger partial charge on any atom is 0.242 e. The fraction of sp³-hybridized carbons (Fsp3) is 0.286. The van der Waals surface area contributed by atoms with Gasteiger partial charge in [-0.25, -0.2) is 4.98 Å². The van der Waals surface area contributed by atoms with Crippen molar-refractivity contribution in [3.05, 3.63) is 29.1 Å². The number of halogens is 1. The molecule has 0 aliphatic carbocycles. The molecular formula is C14H18ClN3O2S. The first kappa shape index (κ1) is 17.4. The standard InChI is InChI=1S/C14H17N3O2S.ClH/c1-8-4-5-12(19-3)10(6-8)11-7-20-14(16-11)17-13(18)9(2)15;/h4-7,9H,15H2,1-3H3,(H,16,17,18);1H/t9-;/m0./s1. The minimum atomic E-state index is -0.559. The zero-order valence-corrected chi connectivity index (χ0v) is 13.7. The van der Waals surface area contributed by atoms with Crippen LogP contribution in [-0.2, 0) is 4.79 Å². The summed E-state index contributed by atoms with van der Waals surface area (Å²) in [5, 5.41) is 5.10. The van der Waals surface area contributed by atoms with Gasteiger partial charge in [0.1, 0.15) is 5.75 Å². The molecule has 1 heterocycles.